The lowest BCUT2D eigenvalue weighted by Gasteiger charge is -2.34. The molecular formula is C55H35NO2. The van der Waals surface area contributed by atoms with Gasteiger partial charge in [-0.15, -0.1) is 0 Å². The summed E-state index contributed by atoms with van der Waals surface area (Å²) in [5.41, 5.74) is 15.8. The number of anilines is 3. The van der Waals surface area contributed by atoms with Crippen molar-refractivity contribution in [3.05, 3.63) is 235 Å². The highest BCUT2D eigenvalue weighted by atomic mass is 16.3. The van der Waals surface area contributed by atoms with Crippen molar-refractivity contribution < 1.29 is 8.83 Å². The minimum atomic E-state index is -0.527. The van der Waals surface area contributed by atoms with E-state index in [1.54, 1.807) is 0 Å². The van der Waals surface area contributed by atoms with Crippen molar-refractivity contribution in [3.63, 3.8) is 0 Å². The average molecular weight is 742 g/mol. The third kappa shape index (κ3) is 4.74. The summed E-state index contributed by atoms with van der Waals surface area (Å²) in [5, 5.41) is 4.33. The molecule has 9 aromatic carbocycles. The van der Waals surface area contributed by atoms with Crippen LogP contribution in [-0.2, 0) is 5.41 Å². The first-order valence-corrected chi connectivity index (χ1v) is 19.8. The van der Waals surface area contributed by atoms with Gasteiger partial charge in [0.2, 0.25) is 0 Å². The second-order valence-electron chi connectivity index (χ2n) is 15.2. The van der Waals surface area contributed by atoms with Crippen LogP contribution >= 0.6 is 0 Å². The predicted octanol–water partition coefficient (Wildman–Crippen LogP) is 15.0. The molecule has 2 heterocycles. The number of fused-ring (bicyclic) bond motifs is 9. The molecule has 11 aromatic rings. The van der Waals surface area contributed by atoms with E-state index in [1.165, 1.54) is 38.9 Å². The van der Waals surface area contributed by atoms with Crippen LogP contribution in [0, 0.1) is 0 Å². The molecule has 0 fully saturated rings. The molecule has 3 heteroatoms. The second-order valence-corrected chi connectivity index (χ2v) is 15.2. The first-order valence-electron chi connectivity index (χ1n) is 19.8. The molecule has 0 spiro atoms. The number of benzene rings is 9. The Hall–Kier alpha value is -7.62. The highest BCUT2D eigenvalue weighted by molar-refractivity contribution is 6.14. The lowest BCUT2D eigenvalue weighted by atomic mass is 9.67. The number of hydrogen-bond donors (Lipinski definition) is 0. The Morgan fingerprint density at radius 1 is 0.345 bits per heavy atom. The number of furan rings is 2. The minimum absolute atomic E-state index is 0.527. The van der Waals surface area contributed by atoms with Gasteiger partial charge in [0.15, 0.2) is 0 Å². The first-order chi connectivity index (χ1) is 28.8. The van der Waals surface area contributed by atoms with Gasteiger partial charge in [0.05, 0.1) is 16.5 Å². The molecule has 12 rings (SSSR count). The number of para-hydroxylation sites is 1. The van der Waals surface area contributed by atoms with Crippen LogP contribution in [0.3, 0.4) is 0 Å². The smallest absolute Gasteiger partial charge is 0.137 e. The fourth-order valence-electron chi connectivity index (χ4n) is 9.65. The largest absolute Gasteiger partial charge is 0.456 e. The third-order valence-electron chi connectivity index (χ3n) is 12.2. The molecule has 0 saturated carbocycles. The zero-order valence-corrected chi connectivity index (χ0v) is 31.5. The van der Waals surface area contributed by atoms with E-state index in [9.17, 15) is 0 Å². The van der Waals surface area contributed by atoms with Crippen LogP contribution in [0.5, 0.6) is 0 Å². The predicted molar refractivity (Wildman–Crippen MR) is 238 cm³/mol. The molecule has 0 unspecified atom stereocenters. The van der Waals surface area contributed by atoms with Crippen LogP contribution in [0.1, 0.15) is 22.3 Å². The highest BCUT2D eigenvalue weighted by Gasteiger charge is 2.46. The quantitative estimate of drug-likeness (QED) is 0.170. The number of nitrogens with zero attached hydrogens (tertiary/aromatic N) is 1. The zero-order chi connectivity index (χ0) is 38.2. The fourth-order valence-corrected chi connectivity index (χ4v) is 9.65. The standard InChI is InChI=1S/C55H35NO2/c1-3-14-36(15-4-1)37-26-29-40(30-27-37)56(41-31-32-45-44-20-9-12-24-50(44)58-53(45)35-41)49-23-13-25-52-54(49)46-34-39(28-33-51(46)57-52)55(38-16-5-2-6-17-38)47-21-10-7-18-42(47)43-19-8-11-22-48(43)55/h1-35H. The average Bonchev–Trinajstić information content (AvgIpc) is 3.96. The Labute approximate surface area is 335 Å². The lowest BCUT2D eigenvalue weighted by molar-refractivity contribution is 0.668. The second kappa shape index (κ2) is 12.7. The van der Waals surface area contributed by atoms with E-state index in [2.05, 4.69) is 205 Å². The topological polar surface area (TPSA) is 29.5 Å². The maximum Gasteiger partial charge on any atom is 0.137 e. The molecule has 0 saturated heterocycles. The maximum absolute atomic E-state index is 6.75. The Bertz CT molecular complexity index is 3290. The molecule has 2 aromatic heterocycles. The van der Waals surface area contributed by atoms with Crippen LogP contribution < -0.4 is 4.90 Å². The summed E-state index contributed by atoms with van der Waals surface area (Å²) in [5.74, 6) is 0. The van der Waals surface area contributed by atoms with Crippen molar-refractivity contribution in [2.45, 2.75) is 5.41 Å². The van der Waals surface area contributed by atoms with Crippen LogP contribution in [0.2, 0.25) is 0 Å². The summed E-state index contributed by atoms with van der Waals surface area (Å²) in [7, 11) is 0. The van der Waals surface area contributed by atoms with Crippen LogP contribution in [0.15, 0.2) is 221 Å². The Morgan fingerprint density at radius 2 is 0.931 bits per heavy atom. The Kier molecular flexibility index (Phi) is 7.14. The highest BCUT2D eigenvalue weighted by Crippen LogP contribution is 2.57. The summed E-state index contributed by atoms with van der Waals surface area (Å²) in [4.78, 5) is 2.35. The molecule has 0 radical (unpaired) electrons. The van der Waals surface area contributed by atoms with E-state index >= 15 is 0 Å². The van der Waals surface area contributed by atoms with Crippen molar-refractivity contribution >= 4 is 60.9 Å². The van der Waals surface area contributed by atoms with E-state index in [4.69, 9.17) is 8.83 Å². The normalized spacial score (nSPS) is 13.0. The molecule has 1 aliphatic rings. The molecule has 0 atom stereocenters. The Balaban J connectivity index is 1.12. The van der Waals surface area contributed by atoms with Crippen molar-refractivity contribution in [2.75, 3.05) is 4.90 Å². The molecule has 3 nitrogen and oxygen atoms in total. The molecule has 58 heavy (non-hydrogen) atoms. The zero-order valence-electron chi connectivity index (χ0n) is 31.5. The van der Waals surface area contributed by atoms with Gasteiger partial charge in [-0.2, -0.15) is 0 Å². The monoisotopic (exact) mass is 741 g/mol. The minimum Gasteiger partial charge on any atom is -0.456 e. The summed E-state index contributed by atoms with van der Waals surface area (Å²) in [6, 6.07) is 76.2. The fraction of sp³-hybridized carbons (Fsp3) is 0.0182. The first kappa shape index (κ1) is 32.6. The summed E-state index contributed by atoms with van der Waals surface area (Å²) in [6.45, 7) is 0. The van der Waals surface area contributed by atoms with Gasteiger partial charge in [-0.3, -0.25) is 0 Å². The van der Waals surface area contributed by atoms with Gasteiger partial charge >= 0.3 is 0 Å². The van der Waals surface area contributed by atoms with Gasteiger partial charge < -0.3 is 13.7 Å². The van der Waals surface area contributed by atoms with Gasteiger partial charge in [-0.25, -0.2) is 0 Å². The lowest BCUT2D eigenvalue weighted by Crippen LogP contribution is -2.28. The molecule has 0 bridgehead atoms. The molecule has 1 aliphatic carbocycles. The van der Waals surface area contributed by atoms with E-state index < -0.39 is 5.41 Å². The van der Waals surface area contributed by atoms with Crippen LogP contribution in [0.4, 0.5) is 17.1 Å². The molecule has 0 aliphatic heterocycles. The number of rotatable bonds is 6. The third-order valence-corrected chi connectivity index (χ3v) is 12.2. The van der Waals surface area contributed by atoms with Crippen molar-refractivity contribution in [1.29, 1.82) is 0 Å². The molecule has 0 amide bonds. The summed E-state index contributed by atoms with van der Waals surface area (Å²) in [6.07, 6.45) is 0. The Morgan fingerprint density at radius 3 is 1.71 bits per heavy atom. The molecule has 272 valence electrons. The SMILES string of the molecule is c1ccc(-c2ccc(N(c3ccc4c(c3)oc3ccccc34)c3cccc4oc5ccc(C6(c7ccccc7)c7ccccc7-c7ccccc76)cc5c34)cc2)cc1. The molecular weight excluding hydrogens is 707 g/mol. The van der Waals surface area contributed by atoms with E-state index in [1.807, 2.05) is 12.1 Å². The van der Waals surface area contributed by atoms with Crippen molar-refractivity contribution in [3.8, 4) is 22.3 Å². The van der Waals surface area contributed by atoms with E-state index in [0.29, 0.717) is 0 Å². The van der Waals surface area contributed by atoms with Gasteiger partial charge in [0, 0.05) is 33.6 Å². The van der Waals surface area contributed by atoms with E-state index in [-0.39, 0.29) is 0 Å². The van der Waals surface area contributed by atoms with Crippen molar-refractivity contribution in [1.82, 2.24) is 0 Å². The van der Waals surface area contributed by atoms with Gasteiger partial charge in [-0.05, 0) is 99.1 Å². The van der Waals surface area contributed by atoms with Gasteiger partial charge in [0.1, 0.15) is 22.3 Å². The number of hydrogen-bond acceptors (Lipinski definition) is 3. The van der Waals surface area contributed by atoms with Gasteiger partial charge in [0.25, 0.3) is 0 Å². The van der Waals surface area contributed by atoms with Crippen LogP contribution in [0.25, 0.3) is 66.1 Å². The van der Waals surface area contributed by atoms with Crippen LogP contribution in [-0.4, -0.2) is 0 Å². The summed E-state index contributed by atoms with van der Waals surface area (Å²) >= 11 is 0. The maximum atomic E-state index is 6.75. The van der Waals surface area contributed by atoms with Gasteiger partial charge in [-0.1, -0.05) is 152 Å². The summed E-state index contributed by atoms with van der Waals surface area (Å²) < 4.78 is 13.2. The van der Waals surface area contributed by atoms with E-state index in [0.717, 1.165) is 66.5 Å². The van der Waals surface area contributed by atoms with Crippen molar-refractivity contribution in [2.24, 2.45) is 0 Å². The molecule has 0 N–H and O–H groups in total.